The number of nitro groups is 1. The van der Waals surface area contributed by atoms with Crippen LogP contribution in [0.2, 0.25) is 5.02 Å². The van der Waals surface area contributed by atoms with Crippen molar-refractivity contribution < 1.29 is 22.8 Å². The van der Waals surface area contributed by atoms with Crippen LogP contribution >= 0.6 is 27.5 Å². The van der Waals surface area contributed by atoms with Gasteiger partial charge in [0.2, 0.25) is 0 Å². The number of benzene rings is 3. The first-order valence-electron chi connectivity index (χ1n) is 8.95. The SMILES string of the molecule is O=[N+]([O-])c1cc(C(F)(F)F)ccc1N/N=C\c1cc(Br)ccc1OCc1ccc(Cl)cc1. The molecule has 0 aliphatic rings. The molecular weight excluding hydrogens is 515 g/mol. The highest BCUT2D eigenvalue weighted by Gasteiger charge is 2.33. The van der Waals surface area contributed by atoms with Gasteiger partial charge in [-0.1, -0.05) is 39.7 Å². The molecule has 0 amide bonds. The second kappa shape index (κ2) is 10.0. The van der Waals surface area contributed by atoms with Crippen molar-refractivity contribution in [3.05, 3.63) is 97.0 Å². The summed E-state index contributed by atoms with van der Waals surface area (Å²) in [5, 5.41) is 15.7. The topological polar surface area (TPSA) is 76.8 Å². The molecule has 0 aromatic heterocycles. The molecule has 0 radical (unpaired) electrons. The van der Waals surface area contributed by atoms with Crippen LogP contribution in [0.15, 0.2) is 70.2 Å². The van der Waals surface area contributed by atoms with Crippen molar-refractivity contribution >= 4 is 45.1 Å². The average Bonchev–Trinajstić information content (AvgIpc) is 2.73. The predicted molar refractivity (Wildman–Crippen MR) is 119 cm³/mol. The number of nitrogens with zero attached hydrogens (tertiary/aromatic N) is 2. The maximum Gasteiger partial charge on any atom is 0.416 e. The third-order valence-corrected chi connectivity index (χ3v) is 4.94. The molecule has 0 spiro atoms. The molecule has 3 aromatic carbocycles. The van der Waals surface area contributed by atoms with Crippen LogP contribution < -0.4 is 10.2 Å². The van der Waals surface area contributed by atoms with E-state index in [2.05, 4.69) is 26.5 Å². The number of hydrogen-bond acceptors (Lipinski definition) is 5. The summed E-state index contributed by atoms with van der Waals surface area (Å²) in [6, 6.07) is 14.5. The predicted octanol–water partition coefficient (Wildman–Crippen LogP) is 7.05. The Morgan fingerprint density at radius 1 is 1.12 bits per heavy atom. The lowest BCUT2D eigenvalue weighted by atomic mass is 10.1. The second-order valence-corrected chi connectivity index (χ2v) is 7.81. The standard InChI is InChI=1S/C21H14BrClF3N3O3/c22-16-4-8-20(32-12-13-1-5-17(23)6-2-13)14(9-16)11-27-28-18-7-3-15(21(24,25)26)10-19(18)29(30)31/h1-11,28H,12H2/b27-11-. The summed E-state index contributed by atoms with van der Waals surface area (Å²) in [4.78, 5) is 10.3. The lowest BCUT2D eigenvalue weighted by molar-refractivity contribution is -0.384. The number of halogens is 5. The van der Waals surface area contributed by atoms with Crippen molar-refractivity contribution in [1.29, 1.82) is 0 Å². The van der Waals surface area contributed by atoms with Crippen molar-refractivity contribution in [2.24, 2.45) is 5.10 Å². The van der Waals surface area contributed by atoms with Gasteiger partial charge >= 0.3 is 6.18 Å². The average molecular weight is 529 g/mol. The zero-order chi connectivity index (χ0) is 23.3. The highest BCUT2D eigenvalue weighted by Crippen LogP contribution is 2.35. The summed E-state index contributed by atoms with van der Waals surface area (Å²) < 4.78 is 45.1. The van der Waals surface area contributed by atoms with E-state index in [0.717, 1.165) is 22.2 Å². The third kappa shape index (κ3) is 6.21. The van der Waals surface area contributed by atoms with Crippen LogP contribution in [-0.4, -0.2) is 11.1 Å². The number of ether oxygens (including phenoxy) is 1. The first-order chi connectivity index (χ1) is 15.1. The number of nitro benzene ring substituents is 1. The van der Waals surface area contributed by atoms with E-state index < -0.39 is 22.4 Å². The van der Waals surface area contributed by atoms with E-state index in [0.29, 0.717) is 22.4 Å². The summed E-state index contributed by atoms with van der Waals surface area (Å²) in [5.41, 5.74) is 1.80. The van der Waals surface area contributed by atoms with Gasteiger partial charge in [-0.15, -0.1) is 0 Å². The van der Waals surface area contributed by atoms with Crippen LogP contribution in [0.3, 0.4) is 0 Å². The Kier molecular flexibility index (Phi) is 7.37. The highest BCUT2D eigenvalue weighted by molar-refractivity contribution is 9.10. The Hall–Kier alpha value is -3.11. The summed E-state index contributed by atoms with van der Waals surface area (Å²) in [5.74, 6) is 0.482. The molecule has 0 unspecified atom stereocenters. The smallest absolute Gasteiger partial charge is 0.416 e. The summed E-state index contributed by atoms with van der Waals surface area (Å²) in [6.45, 7) is 0.261. The molecule has 0 saturated carbocycles. The van der Waals surface area contributed by atoms with E-state index in [-0.39, 0.29) is 12.3 Å². The molecule has 3 aromatic rings. The molecule has 1 N–H and O–H groups in total. The molecule has 166 valence electrons. The molecule has 32 heavy (non-hydrogen) atoms. The van der Waals surface area contributed by atoms with E-state index in [1.165, 1.54) is 6.21 Å². The maximum absolute atomic E-state index is 12.8. The van der Waals surface area contributed by atoms with Crippen LogP contribution in [0, 0.1) is 10.1 Å². The van der Waals surface area contributed by atoms with E-state index in [4.69, 9.17) is 16.3 Å². The molecule has 0 saturated heterocycles. The Balaban J connectivity index is 1.78. The van der Waals surface area contributed by atoms with E-state index in [1.807, 2.05) is 12.1 Å². The maximum atomic E-state index is 12.8. The second-order valence-electron chi connectivity index (χ2n) is 6.45. The molecule has 6 nitrogen and oxygen atoms in total. The minimum absolute atomic E-state index is 0.183. The van der Waals surface area contributed by atoms with Gasteiger partial charge in [0.05, 0.1) is 16.7 Å². The Labute approximate surface area is 193 Å². The van der Waals surface area contributed by atoms with Gasteiger partial charge in [0, 0.05) is 21.1 Å². The monoisotopic (exact) mass is 527 g/mol. The summed E-state index contributed by atoms with van der Waals surface area (Å²) in [7, 11) is 0. The zero-order valence-electron chi connectivity index (χ0n) is 16.1. The number of hydrazone groups is 1. The first kappa shape index (κ1) is 23.6. The van der Waals surface area contributed by atoms with Crippen LogP contribution in [-0.2, 0) is 12.8 Å². The van der Waals surface area contributed by atoms with Crippen LogP contribution in [0.5, 0.6) is 5.75 Å². The van der Waals surface area contributed by atoms with Crippen LogP contribution in [0.4, 0.5) is 24.5 Å². The molecule has 11 heteroatoms. The summed E-state index contributed by atoms with van der Waals surface area (Å²) in [6.07, 6.45) is -3.34. The van der Waals surface area contributed by atoms with E-state index in [9.17, 15) is 23.3 Å². The van der Waals surface area contributed by atoms with Gasteiger partial charge in [-0.05, 0) is 48.0 Å². The highest BCUT2D eigenvalue weighted by atomic mass is 79.9. The van der Waals surface area contributed by atoms with Crippen molar-refractivity contribution in [3.63, 3.8) is 0 Å². The number of alkyl halides is 3. The van der Waals surface area contributed by atoms with Gasteiger partial charge < -0.3 is 4.74 Å². The number of anilines is 1. The molecule has 0 aliphatic carbocycles. The van der Waals surface area contributed by atoms with Gasteiger partial charge in [0.25, 0.3) is 5.69 Å². The molecule has 0 fully saturated rings. The fourth-order valence-electron chi connectivity index (χ4n) is 2.62. The van der Waals surface area contributed by atoms with E-state index in [1.54, 1.807) is 30.3 Å². The first-order valence-corrected chi connectivity index (χ1v) is 10.1. The van der Waals surface area contributed by atoms with Crippen molar-refractivity contribution in [2.45, 2.75) is 12.8 Å². The van der Waals surface area contributed by atoms with Gasteiger partial charge in [-0.3, -0.25) is 15.5 Å². The largest absolute Gasteiger partial charge is 0.488 e. The number of rotatable bonds is 7. The zero-order valence-corrected chi connectivity index (χ0v) is 18.4. The van der Waals surface area contributed by atoms with Crippen molar-refractivity contribution in [2.75, 3.05) is 5.43 Å². The van der Waals surface area contributed by atoms with E-state index >= 15 is 0 Å². The normalized spacial score (nSPS) is 11.5. The number of nitrogens with one attached hydrogen (secondary N) is 1. The molecule has 0 heterocycles. The van der Waals surface area contributed by atoms with Gasteiger partial charge in [0.1, 0.15) is 18.0 Å². The lowest BCUT2D eigenvalue weighted by Gasteiger charge is -2.10. The quantitative estimate of drug-likeness (QED) is 0.202. The van der Waals surface area contributed by atoms with Gasteiger partial charge in [0.15, 0.2) is 0 Å². The molecule has 0 bridgehead atoms. The van der Waals surface area contributed by atoms with Crippen LogP contribution in [0.25, 0.3) is 0 Å². The van der Waals surface area contributed by atoms with Crippen molar-refractivity contribution in [1.82, 2.24) is 0 Å². The lowest BCUT2D eigenvalue weighted by Crippen LogP contribution is -2.06. The molecule has 3 rings (SSSR count). The Morgan fingerprint density at radius 2 is 1.84 bits per heavy atom. The number of hydrogen-bond donors (Lipinski definition) is 1. The summed E-state index contributed by atoms with van der Waals surface area (Å²) >= 11 is 9.22. The Morgan fingerprint density at radius 3 is 2.50 bits per heavy atom. The third-order valence-electron chi connectivity index (χ3n) is 4.19. The molecular formula is C21H14BrClF3N3O3. The Bertz CT molecular complexity index is 1160. The minimum atomic E-state index is -4.70. The molecule has 0 aliphatic heterocycles. The van der Waals surface area contributed by atoms with Gasteiger partial charge in [-0.2, -0.15) is 18.3 Å². The van der Waals surface area contributed by atoms with Crippen LogP contribution in [0.1, 0.15) is 16.7 Å². The molecule has 0 atom stereocenters. The fourth-order valence-corrected chi connectivity index (χ4v) is 3.12. The fraction of sp³-hybridized carbons (Fsp3) is 0.0952. The minimum Gasteiger partial charge on any atom is -0.488 e. The van der Waals surface area contributed by atoms with Gasteiger partial charge in [-0.25, -0.2) is 0 Å². The van der Waals surface area contributed by atoms with Crippen molar-refractivity contribution in [3.8, 4) is 5.75 Å².